The summed E-state index contributed by atoms with van der Waals surface area (Å²) < 4.78 is 0. The van der Waals surface area contributed by atoms with Gasteiger partial charge in [-0.1, -0.05) is 23.8 Å². The number of amidine groups is 1. The molecule has 1 aromatic heterocycles. The average molecular weight is 307 g/mol. The minimum Gasteiger partial charge on any atom is -0.300 e. The second kappa shape index (κ2) is 5.56. The van der Waals surface area contributed by atoms with E-state index in [0.29, 0.717) is 11.6 Å². The SMILES string of the molecule is S=CC1NN=C(Cn2nccn2)N1c1ccc(Cl)cc1. The molecule has 1 N–H and O–H groups in total. The largest absolute Gasteiger partial charge is 0.300 e. The smallest absolute Gasteiger partial charge is 0.155 e. The molecule has 1 aliphatic heterocycles. The second-order valence-corrected chi connectivity index (χ2v) is 4.85. The van der Waals surface area contributed by atoms with Crippen molar-refractivity contribution in [2.75, 3.05) is 4.90 Å². The summed E-state index contributed by atoms with van der Waals surface area (Å²) in [5.41, 5.74) is 3.94. The molecule has 0 amide bonds. The Hall–Kier alpha value is -1.99. The fraction of sp³-hybridized carbons (Fsp3) is 0.167. The van der Waals surface area contributed by atoms with Gasteiger partial charge in [0.05, 0.1) is 12.4 Å². The third-order valence-electron chi connectivity index (χ3n) is 2.87. The van der Waals surface area contributed by atoms with Crippen LogP contribution in [0.15, 0.2) is 41.8 Å². The van der Waals surface area contributed by atoms with E-state index in [4.69, 9.17) is 23.8 Å². The number of halogens is 1. The van der Waals surface area contributed by atoms with Gasteiger partial charge in [-0.2, -0.15) is 20.1 Å². The van der Waals surface area contributed by atoms with Gasteiger partial charge >= 0.3 is 0 Å². The van der Waals surface area contributed by atoms with Crippen LogP contribution in [0.1, 0.15) is 0 Å². The molecule has 102 valence electrons. The number of benzene rings is 1. The molecule has 0 radical (unpaired) electrons. The number of rotatable bonds is 4. The molecule has 0 fully saturated rings. The van der Waals surface area contributed by atoms with Crippen molar-refractivity contribution in [2.24, 2.45) is 5.10 Å². The van der Waals surface area contributed by atoms with Crippen LogP contribution in [0.25, 0.3) is 0 Å². The molecule has 1 aromatic carbocycles. The molecular formula is C12H11ClN6S. The minimum absolute atomic E-state index is 0.170. The number of anilines is 1. The van der Waals surface area contributed by atoms with Crippen molar-refractivity contribution in [3.8, 4) is 0 Å². The first kappa shape index (κ1) is 13.0. The molecule has 0 saturated heterocycles. The van der Waals surface area contributed by atoms with Crippen molar-refractivity contribution in [1.82, 2.24) is 20.4 Å². The Morgan fingerprint density at radius 1 is 1.25 bits per heavy atom. The van der Waals surface area contributed by atoms with E-state index in [0.717, 1.165) is 11.5 Å². The van der Waals surface area contributed by atoms with Crippen molar-refractivity contribution in [3.05, 3.63) is 41.7 Å². The summed E-state index contributed by atoms with van der Waals surface area (Å²) in [6.45, 7) is 0.461. The number of hydrazone groups is 1. The van der Waals surface area contributed by atoms with Crippen LogP contribution in [0.3, 0.4) is 0 Å². The van der Waals surface area contributed by atoms with Crippen molar-refractivity contribution >= 4 is 40.7 Å². The number of nitrogens with zero attached hydrogens (tertiary/aromatic N) is 5. The molecular weight excluding hydrogens is 296 g/mol. The maximum absolute atomic E-state index is 5.92. The molecule has 0 bridgehead atoms. The summed E-state index contributed by atoms with van der Waals surface area (Å²) in [4.78, 5) is 3.56. The van der Waals surface area contributed by atoms with E-state index >= 15 is 0 Å². The predicted molar refractivity (Wildman–Crippen MR) is 82.0 cm³/mol. The Morgan fingerprint density at radius 2 is 1.95 bits per heavy atom. The van der Waals surface area contributed by atoms with Crippen LogP contribution in [0.5, 0.6) is 0 Å². The lowest BCUT2D eigenvalue weighted by Gasteiger charge is -2.24. The zero-order valence-corrected chi connectivity index (χ0v) is 11.9. The first-order valence-corrected chi connectivity index (χ1v) is 6.79. The third kappa shape index (κ3) is 2.50. The lowest BCUT2D eigenvalue weighted by Crippen LogP contribution is -2.42. The lowest BCUT2D eigenvalue weighted by molar-refractivity contribution is 0.616. The third-order valence-corrected chi connectivity index (χ3v) is 3.38. The molecule has 3 rings (SSSR count). The molecule has 2 aromatic rings. The van der Waals surface area contributed by atoms with Gasteiger partial charge in [-0.15, -0.1) is 0 Å². The van der Waals surface area contributed by atoms with E-state index < -0.39 is 0 Å². The molecule has 0 aliphatic carbocycles. The summed E-state index contributed by atoms with van der Waals surface area (Å²) in [7, 11) is 0. The van der Waals surface area contributed by atoms with Crippen LogP contribution in [0.2, 0.25) is 5.02 Å². The summed E-state index contributed by atoms with van der Waals surface area (Å²) in [5, 5.41) is 14.8. The van der Waals surface area contributed by atoms with Gasteiger partial charge in [0, 0.05) is 16.1 Å². The summed E-state index contributed by atoms with van der Waals surface area (Å²) in [5.74, 6) is 0.787. The number of hydrogen-bond donors (Lipinski definition) is 1. The Morgan fingerprint density at radius 3 is 2.60 bits per heavy atom. The van der Waals surface area contributed by atoms with Gasteiger partial charge in [0.1, 0.15) is 12.7 Å². The van der Waals surface area contributed by atoms with Crippen molar-refractivity contribution in [2.45, 2.75) is 12.7 Å². The second-order valence-electron chi connectivity index (χ2n) is 4.14. The van der Waals surface area contributed by atoms with E-state index in [1.807, 2.05) is 29.2 Å². The predicted octanol–water partition coefficient (Wildman–Crippen LogP) is 1.68. The molecule has 1 atom stereocenters. The van der Waals surface area contributed by atoms with Gasteiger partial charge in [-0.05, 0) is 24.3 Å². The average Bonchev–Trinajstić information content (AvgIpc) is 3.10. The van der Waals surface area contributed by atoms with Crippen LogP contribution < -0.4 is 10.3 Å². The number of hydrogen-bond acceptors (Lipinski definition) is 6. The first-order valence-electron chi connectivity index (χ1n) is 5.94. The molecule has 6 nitrogen and oxygen atoms in total. The van der Waals surface area contributed by atoms with E-state index in [-0.39, 0.29) is 6.17 Å². The van der Waals surface area contributed by atoms with E-state index in [9.17, 15) is 0 Å². The lowest BCUT2D eigenvalue weighted by atomic mass is 10.2. The maximum Gasteiger partial charge on any atom is 0.155 e. The number of nitrogens with one attached hydrogen (secondary N) is 1. The van der Waals surface area contributed by atoms with Gasteiger partial charge in [0.25, 0.3) is 0 Å². The van der Waals surface area contributed by atoms with Crippen molar-refractivity contribution in [3.63, 3.8) is 0 Å². The van der Waals surface area contributed by atoms with Crippen LogP contribution in [0.4, 0.5) is 5.69 Å². The van der Waals surface area contributed by atoms with Crippen LogP contribution >= 0.6 is 23.8 Å². The van der Waals surface area contributed by atoms with Gasteiger partial charge < -0.3 is 4.90 Å². The summed E-state index contributed by atoms with van der Waals surface area (Å²) >= 11 is 11.0. The molecule has 0 saturated carbocycles. The Bertz CT molecular complexity index is 624. The zero-order chi connectivity index (χ0) is 13.9. The summed E-state index contributed by atoms with van der Waals surface area (Å²) in [6.07, 6.45) is 3.09. The van der Waals surface area contributed by atoms with Crippen LogP contribution in [0, 0.1) is 0 Å². The quantitative estimate of drug-likeness (QED) is 0.871. The molecule has 1 aliphatic rings. The van der Waals surface area contributed by atoms with Gasteiger partial charge in [-0.3, -0.25) is 5.43 Å². The van der Waals surface area contributed by atoms with Crippen LogP contribution in [-0.2, 0) is 6.54 Å². The fourth-order valence-corrected chi connectivity index (χ4v) is 2.29. The standard InChI is InChI=1S/C12H11ClN6S/c13-9-1-3-10(4-2-9)19-11(16-17-12(19)8-20)7-18-14-5-6-15-18/h1-6,8,12,17H,7H2. The normalized spacial score (nSPS) is 17.8. The van der Waals surface area contributed by atoms with Crippen LogP contribution in [-0.4, -0.2) is 32.4 Å². The summed E-state index contributed by atoms with van der Waals surface area (Å²) in [6, 6.07) is 7.51. The van der Waals surface area contributed by atoms with Gasteiger partial charge in [0.2, 0.25) is 0 Å². The highest BCUT2D eigenvalue weighted by Gasteiger charge is 2.27. The number of thiocarbonyl (C=S) groups is 1. The fourth-order valence-electron chi connectivity index (χ4n) is 1.98. The van der Waals surface area contributed by atoms with Crippen molar-refractivity contribution in [1.29, 1.82) is 0 Å². The molecule has 1 unspecified atom stereocenters. The highest BCUT2D eigenvalue weighted by atomic mass is 35.5. The highest BCUT2D eigenvalue weighted by molar-refractivity contribution is 7.79. The molecule has 2 heterocycles. The molecule has 20 heavy (non-hydrogen) atoms. The number of aromatic nitrogens is 3. The van der Waals surface area contributed by atoms with Gasteiger partial charge in [-0.25, -0.2) is 0 Å². The van der Waals surface area contributed by atoms with Gasteiger partial charge in [0.15, 0.2) is 5.84 Å². The maximum atomic E-state index is 5.92. The monoisotopic (exact) mass is 306 g/mol. The molecule has 0 spiro atoms. The minimum atomic E-state index is -0.170. The Balaban J connectivity index is 1.89. The zero-order valence-electron chi connectivity index (χ0n) is 10.3. The van der Waals surface area contributed by atoms with E-state index in [1.165, 1.54) is 0 Å². The molecule has 8 heteroatoms. The first-order chi connectivity index (χ1) is 9.78. The van der Waals surface area contributed by atoms with E-state index in [1.54, 1.807) is 22.6 Å². The highest BCUT2D eigenvalue weighted by Crippen LogP contribution is 2.22. The van der Waals surface area contributed by atoms with E-state index in [2.05, 4.69) is 20.7 Å². The topological polar surface area (TPSA) is 58.3 Å². The van der Waals surface area contributed by atoms with Crippen molar-refractivity contribution < 1.29 is 0 Å². The Kier molecular flexibility index (Phi) is 3.62. The Labute approximate surface area is 126 Å².